The van der Waals surface area contributed by atoms with Crippen LogP contribution in [-0.2, 0) is 11.3 Å². The lowest BCUT2D eigenvalue weighted by molar-refractivity contribution is -0.118. The number of rotatable bonds is 13. The zero-order valence-electron chi connectivity index (χ0n) is 19.9. The Labute approximate surface area is 201 Å². The molecule has 2 N–H and O–H groups in total. The van der Waals surface area contributed by atoms with Crippen molar-refractivity contribution in [1.82, 2.24) is 5.32 Å². The van der Waals surface area contributed by atoms with Crippen molar-refractivity contribution >= 4 is 23.2 Å². The molecule has 3 rings (SSSR count). The van der Waals surface area contributed by atoms with Crippen molar-refractivity contribution in [3.05, 3.63) is 78.3 Å². The molecule has 0 fully saturated rings. The molecule has 0 spiro atoms. The normalized spacial score (nSPS) is 10.5. The highest BCUT2D eigenvalue weighted by molar-refractivity contribution is 6.02. The van der Waals surface area contributed by atoms with Gasteiger partial charge in [-0.1, -0.05) is 38.5 Å². The number of hydrogen-bond donors (Lipinski definition) is 2. The van der Waals surface area contributed by atoms with E-state index in [9.17, 15) is 9.59 Å². The Morgan fingerprint density at radius 2 is 1.82 bits per heavy atom. The first kappa shape index (κ1) is 24.9. The predicted octanol–water partition coefficient (Wildman–Crippen LogP) is 5.24. The molecule has 34 heavy (non-hydrogen) atoms. The second-order valence-electron chi connectivity index (χ2n) is 7.99. The highest BCUT2D eigenvalue weighted by Crippen LogP contribution is 2.27. The van der Waals surface area contributed by atoms with Gasteiger partial charge in [0.1, 0.15) is 11.5 Å². The minimum atomic E-state index is -0.296. The van der Waals surface area contributed by atoms with Crippen molar-refractivity contribution in [3.8, 4) is 5.75 Å². The lowest BCUT2D eigenvalue weighted by Crippen LogP contribution is -2.30. The standard InChI is InChI=1S/C27H33N3O4/c1-3-5-16-30(19-23-12-9-17-33-23)25-14-13-21(18-24(25)27(32)28-15-4-2)29-26(31)20-34-22-10-7-6-8-11-22/h6-14,17-18H,3-5,15-16,19-20H2,1-2H3,(H,28,32)(H,29,31). The summed E-state index contributed by atoms with van der Waals surface area (Å²) in [5, 5.41) is 5.80. The van der Waals surface area contributed by atoms with E-state index in [1.165, 1.54) is 0 Å². The molecule has 0 aliphatic carbocycles. The maximum Gasteiger partial charge on any atom is 0.262 e. The van der Waals surface area contributed by atoms with Crippen molar-refractivity contribution < 1.29 is 18.7 Å². The smallest absolute Gasteiger partial charge is 0.262 e. The molecule has 1 heterocycles. The van der Waals surface area contributed by atoms with Gasteiger partial charge in [0.15, 0.2) is 6.61 Å². The minimum absolute atomic E-state index is 0.121. The second kappa shape index (κ2) is 13.1. The number of ether oxygens (including phenoxy) is 1. The maximum absolute atomic E-state index is 13.1. The fourth-order valence-electron chi connectivity index (χ4n) is 3.49. The number of anilines is 2. The van der Waals surface area contributed by atoms with Crippen molar-refractivity contribution in [1.29, 1.82) is 0 Å². The molecule has 0 radical (unpaired) electrons. The number of unbranched alkanes of at least 4 members (excludes halogenated alkanes) is 1. The average molecular weight is 464 g/mol. The number of furan rings is 1. The van der Waals surface area contributed by atoms with Gasteiger partial charge in [-0.3, -0.25) is 9.59 Å². The minimum Gasteiger partial charge on any atom is -0.484 e. The monoisotopic (exact) mass is 463 g/mol. The number of carbonyl (C=O) groups is 2. The van der Waals surface area contributed by atoms with E-state index in [4.69, 9.17) is 9.15 Å². The summed E-state index contributed by atoms with van der Waals surface area (Å²) in [5.74, 6) is 0.980. The van der Waals surface area contributed by atoms with Gasteiger partial charge in [0.25, 0.3) is 11.8 Å². The molecule has 1 aromatic heterocycles. The fraction of sp³-hybridized carbons (Fsp3) is 0.333. The largest absolute Gasteiger partial charge is 0.484 e. The van der Waals surface area contributed by atoms with Crippen molar-refractivity contribution in [2.45, 2.75) is 39.7 Å². The third-order valence-electron chi connectivity index (χ3n) is 5.22. The van der Waals surface area contributed by atoms with Crippen LogP contribution in [0.15, 0.2) is 71.3 Å². The number of amides is 2. The highest BCUT2D eigenvalue weighted by atomic mass is 16.5. The summed E-state index contributed by atoms with van der Waals surface area (Å²) in [7, 11) is 0. The van der Waals surface area contributed by atoms with E-state index < -0.39 is 0 Å². The molecular formula is C27H33N3O4. The van der Waals surface area contributed by atoms with Gasteiger partial charge in [-0.05, 0) is 55.3 Å². The molecule has 0 saturated heterocycles. The third-order valence-corrected chi connectivity index (χ3v) is 5.22. The number of nitrogens with zero attached hydrogens (tertiary/aromatic N) is 1. The van der Waals surface area contributed by atoms with Gasteiger partial charge >= 0.3 is 0 Å². The molecule has 7 heteroatoms. The van der Waals surface area contributed by atoms with Gasteiger partial charge < -0.3 is 24.7 Å². The van der Waals surface area contributed by atoms with Gasteiger partial charge in [-0.25, -0.2) is 0 Å². The summed E-state index contributed by atoms with van der Waals surface area (Å²) in [4.78, 5) is 27.7. The first-order chi connectivity index (χ1) is 16.6. The van der Waals surface area contributed by atoms with Crippen molar-refractivity contribution in [2.75, 3.05) is 29.9 Å². The Morgan fingerprint density at radius 3 is 2.53 bits per heavy atom. The van der Waals surface area contributed by atoms with E-state index in [-0.39, 0.29) is 18.4 Å². The van der Waals surface area contributed by atoms with Crippen LogP contribution in [0.2, 0.25) is 0 Å². The van der Waals surface area contributed by atoms with Crippen LogP contribution in [0.1, 0.15) is 49.2 Å². The summed E-state index contributed by atoms with van der Waals surface area (Å²) in [6.45, 7) is 5.93. The average Bonchev–Trinajstić information content (AvgIpc) is 3.38. The lowest BCUT2D eigenvalue weighted by Gasteiger charge is -2.26. The van der Waals surface area contributed by atoms with Crippen LogP contribution in [0.3, 0.4) is 0 Å². The van der Waals surface area contributed by atoms with Crippen molar-refractivity contribution in [3.63, 3.8) is 0 Å². The molecule has 0 bridgehead atoms. The van der Waals surface area contributed by atoms with E-state index in [2.05, 4.69) is 22.5 Å². The van der Waals surface area contributed by atoms with Crippen LogP contribution >= 0.6 is 0 Å². The van der Waals surface area contributed by atoms with Crippen LogP contribution in [0.4, 0.5) is 11.4 Å². The number of para-hydroxylation sites is 1. The molecule has 0 saturated carbocycles. The van der Waals surface area contributed by atoms with Gasteiger partial charge in [0.2, 0.25) is 0 Å². The summed E-state index contributed by atoms with van der Waals surface area (Å²) >= 11 is 0. The molecule has 3 aromatic rings. The van der Waals surface area contributed by atoms with Crippen LogP contribution < -0.4 is 20.3 Å². The predicted molar refractivity (Wildman–Crippen MR) is 134 cm³/mol. The molecular weight excluding hydrogens is 430 g/mol. The van der Waals surface area contributed by atoms with E-state index in [1.54, 1.807) is 24.5 Å². The Balaban J connectivity index is 1.80. The molecule has 0 aliphatic heterocycles. The SMILES string of the molecule is CCCCN(Cc1ccco1)c1ccc(NC(=O)COc2ccccc2)cc1C(=O)NCCC. The first-order valence-electron chi connectivity index (χ1n) is 11.8. The Hall–Kier alpha value is -3.74. The summed E-state index contributed by atoms with van der Waals surface area (Å²) in [6.07, 6.45) is 4.49. The molecule has 180 valence electrons. The molecule has 2 amide bonds. The summed E-state index contributed by atoms with van der Waals surface area (Å²) in [5.41, 5.74) is 1.86. The van der Waals surface area contributed by atoms with Gasteiger partial charge in [-0.2, -0.15) is 0 Å². The topological polar surface area (TPSA) is 83.8 Å². The Morgan fingerprint density at radius 1 is 1.00 bits per heavy atom. The fourth-order valence-corrected chi connectivity index (χ4v) is 3.49. The first-order valence-corrected chi connectivity index (χ1v) is 11.8. The van der Waals surface area contributed by atoms with E-state index in [0.717, 1.165) is 37.3 Å². The molecule has 2 aromatic carbocycles. The summed E-state index contributed by atoms with van der Waals surface area (Å²) in [6, 6.07) is 18.4. The molecule has 0 aliphatic rings. The van der Waals surface area contributed by atoms with Crippen LogP contribution in [0.25, 0.3) is 0 Å². The Kier molecular flexibility index (Phi) is 9.58. The molecule has 7 nitrogen and oxygen atoms in total. The van der Waals surface area contributed by atoms with E-state index in [1.807, 2.05) is 49.4 Å². The molecule has 0 atom stereocenters. The number of nitrogens with one attached hydrogen (secondary N) is 2. The number of carbonyl (C=O) groups excluding carboxylic acids is 2. The molecule has 0 unspecified atom stereocenters. The number of benzene rings is 2. The lowest BCUT2D eigenvalue weighted by atomic mass is 10.1. The van der Waals surface area contributed by atoms with E-state index >= 15 is 0 Å². The quantitative estimate of drug-likeness (QED) is 0.362. The number of hydrogen-bond acceptors (Lipinski definition) is 5. The third kappa shape index (κ3) is 7.40. The Bertz CT molecular complexity index is 1040. The summed E-state index contributed by atoms with van der Waals surface area (Å²) < 4.78 is 11.1. The van der Waals surface area contributed by atoms with Gasteiger partial charge in [0.05, 0.1) is 24.1 Å². The van der Waals surface area contributed by atoms with Crippen molar-refractivity contribution in [2.24, 2.45) is 0 Å². The van der Waals surface area contributed by atoms with E-state index in [0.29, 0.717) is 30.1 Å². The zero-order chi connectivity index (χ0) is 24.2. The highest BCUT2D eigenvalue weighted by Gasteiger charge is 2.19. The van der Waals surface area contributed by atoms with Crippen LogP contribution in [0, 0.1) is 0 Å². The zero-order valence-corrected chi connectivity index (χ0v) is 19.9. The van der Waals surface area contributed by atoms with Gasteiger partial charge in [-0.15, -0.1) is 0 Å². The van der Waals surface area contributed by atoms with Gasteiger partial charge in [0, 0.05) is 18.8 Å². The maximum atomic E-state index is 13.1. The second-order valence-corrected chi connectivity index (χ2v) is 7.99. The van der Waals surface area contributed by atoms with Crippen LogP contribution in [0.5, 0.6) is 5.75 Å². The van der Waals surface area contributed by atoms with Crippen LogP contribution in [-0.4, -0.2) is 31.5 Å².